The van der Waals surface area contributed by atoms with Crippen molar-refractivity contribution in [2.45, 2.75) is 25.0 Å². The Hall–Kier alpha value is -1.56. The molecular weight excluding hydrogens is 320 g/mol. The molecule has 1 aliphatic rings. The fourth-order valence-electron chi connectivity index (χ4n) is 2.74. The van der Waals surface area contributed by atoms with Crippen LogP contribution in [0.1, 0.15) is 35.3 Å². The van der Waals surface area contributed by atoms with Gasteiger partial charge in [0.25, 0.3) is 0 Å². The number of hydrogen-bond donors (Lipinski definition) is 3. The van der Waals surface area contributed by atoms with Gasteiger partial charge in [-0.05, 0) is 52.4 Å². The minimum Gasteiger partial charge on any atom is -0.387 e. The van der Waals surface area contributed by atoms with Crippen LogP contribution in [0, 0.1) is 0 Å². The summed E-state index contributed by atoms with van der Waals surface area (Å²) in [6.07, 6.45) is 1.04. The number of amides is 2. The molecule has 4 nitrogen and oxygen atoms in total. The zero-order valence-electron chi connectivity index (χ0n) is 11.9. The molecule has 2 atom stereocenters. The minimum atomic E-state index is -0.678. The van der Waals surface area contributed by atoms with E-state index >= 15 is 0 Å². The van der Waals surface area contributed by atoms with Crippen LogP contribution in [0.3, 0.4) is 0 Å². The van der Waals surface area contributed by atoms with Crippen molar-refractivity contribution in [1.29, 1.82) is 0 Å². The SMILES string of the molecule is O=C(NCC(O)c1ccsc1)NC1CCc2c(Cl)cccc21. The van der Waals surface area contributed by atoms with Crippen molar-refractivity contribution >= 4 is 29.0 Å². The molecule has 1 aromatic carbocycles. The lowest BCUT2D eigenvalue weighted by Gasteiger charge is -2.16. The van der Waals surface area contributed by atoms with Gasteiger partial charge < -0.3 is 15.7 Å². The quantitative estimate of drug-likeness (QED) is 0.801. The molecule has 0 aliphatic heterocycles. The van der Waals surface area contributed by atoms with Gasteiger partial charge in [-0.1, -0.05) is 23.7 Å². The molecule has 1 aliphatic carbocycles. The summed E-state index contributed by atoms with van der Waals surface area (Å²) in [5, 5.41) is 20.2. The largest absolute Gasteiger partial charge is 0.387 e. The third-order valence-electron chi connectivity index (χ3n) is 3.90. The number of urea groups is 1. The Morgan fingerprint density at radius 1 is 1.45 bits per heavy atom. The van der Waals surface area contributed by atoms with Gasteiger partial charge in [-0.25, -0.2) is 4.79 Å². The number of aliphatic hydroxyl groups is 1. The van der Waals surface area contributed by atoms with Crippen LogP contribution >= 0.6 is 22.9 Å². The number of benzene rings is 1. The second kappa shape index (κ2) is 6.69. The highest BCUT2D eigenvalue weighted by atomic mass is 35.5. The summed E-state index contributed by atoms with van der Waals surface area (Å²) in [5.74, 6) is 0. The van der Waals surface area contributed by atoms with Gasteiger partial charge in [0.1, 0.15) is 0 Å². The summed E-state index contributed by atoms with van der Waals surface area (Å²) in [6, 6.07) is 7.34. The number of carbonyl (C=O) groups excluding carboxylic acids is 1. The summed E-state index contributed by atoms with van der Waals surface area (Å²) in [5.41, 5.74) is 3.03. The summed E-state index contributed by atoms with van der Waals surface area (Å²) >= 11 is 7.69. The lowest BCUT2D eigenvalue weighted by atomic mass is 10.1. The normalized spacial score (nSPS) is 17.8. The number of nitrogens with one attached hydrogen (secondary N) is 2. The Morgan fingerprint density at radius 3 is 3.09 bits per heavy atom. The minimum absolute atomic E-state index is 0.0213. The Bertz CT molecular complexity index is 660. The molecular formula is C16H17ClN2O2S. The van der Waals surface area contributed by atoms with E-state index in [-0.39, 0.29) is 18.6 Å². The van der Waals surface area contributed by atoms with E-state index in [1.165, 1.54) is 11.3 Å². The Labute approximate surface area is 138 Å². The highest BCUT2D eigenvalue weighted by molar-refractivity contribution is 7.07. The molecule has 0 bridgehead atoms. The van der Waals surface area contributed by atoms with Crippen LogP contribution in [0.15, 0.2) is 35.0 Å². The fourth-order valence-corrected chi connectivity index (χ4v) is 3.72. The summed E-state index contributed by atoms with van der Waals surface area (Å²) in [6.45, 7) is 0.192. The third-order valence-corrected chi connectivity index (χ3v) is 4.96. The first-order valence-corrected chi connectivity index (χ1v) is 8.49. The van der Waals surface area contributed by atoms with Crippen LogP contribution in [-0.4, -0.2) is 17.7 Å². The van der Waals surface area contributed by atoms with Crippen molar-refractivity contribution in [2.75, 3.05) is 6.54 Å². The maximum atomic E-state index is 12.0. The molecule has 0 radical (unpaired) electrons. The van der Waals surface area contributed by atoms with E-state index in [2.05, 4.69) is 10.6 Å². The van der Waals surface area contributed by atoms with Crippen molar-refractivity contribution < 1.29 is 9.90 Å². The highest BCUT2D eigenvalue weighted by Crippen LogP contribution is 2.35. The van der Waals surface area contributed by atoms with Gasteiger partial charge in [-0.3, -0.25) is 0 Å². The van der Waals surface area contributed by atoms with Crippen LogP contribution in [0.4, 0.5) is 4.79 Å². The number of halogens is 1. The smallest absolute Gasteiger partial charge is 0.315 e. The van der Waals surface area contributed by atoms with Gasteiger partial charge in [0.05, 0.1) is 12.1 Å². The number of fused-ring (bicyclic) bond motifs is 1. The van der Waals surface area contributed by atoms with E-state index in [9.17, 15) is 9.90 Å². The average Bonchev–Trinajstić information content (AvgIpc) is 3.16. The van der Waals surface area contributed by atoms with Crippen molar-refractivity contribution in [2.24, 2.45) is 0 Å². The predicted molar refractivity (Wildman–Crippen MR) is 88.3 cm³/mol. The predicted octanol–water partition coefficient (Wildman–Crippen LogP) is 3.42. The number of aliphatic hydroxyl groups excluding tert-OH is 1. The first kappa shape index (κ1) is 15.3. The molecule has 1 aromatic heterocycles. The van der Waals surface area contributed by atoms with Crippen molar-refractivity contribution in [1.82, 2.24) is 10.6 Å². The van der Waals surface area contributed by atoms with Crippen LogP contribution in [0.25, 0.3) is 0 Å². The number of carbonyl (C=O) groups is 1. The number of rotatable bonds is 4. The van der Waals surface area contributed by atoms with Crippen molar-refractivity contribution in [3.8, 4) is 0 Å². The van der Waals surface area contributed by atoms with Gasteiger partial charge in [0, 0.05) is 11.6 Å². The maximum absolute atomic E-state index is 12.0. The number of thiophene rings is 1. The Kier molecular flexibility index (Phi) is 4.66. The monoisotopic (exact) mass is 336 g/mol. The van der Waals surface area contributed by atoms with E-state index in [4.69, 9.17) is 11.6 Å². The topological polar surface area (TPSA) is 61.4 Å². The van der Waals surface area contributed by atoms with Gasteiger partial charge in [0.2, 0.25) is 0 Å². The standard InChI is InChI=1S/C16H17ClN2O2S/c17-13-3-1-2-12-11(13)4-5-14(12)19-16(21)18-8-15(20)10-6-7-22-9-10/h1-3,6-7,9,14-15,20H,4-5,8H2,(H2,18,19,21). The Balaban J connectivity index is 1.54. The fraction of sp³-hybridized carbons (Fsp3) is 0.312. The zero-order chi connectivity index (χ0) is 15.5. The summed E-state index contributed by atoms with van der Waals surface area (Å²) in [4.78, 5) is 12.0. The van der Waals surface area contributed by atoms with Crippen LogP contribution in [-0.2, 0) is 6.42 Å². The molecule has 0 saturated carbocycles. The van der Waals surface area contributed by atoms with E-state index in [1.807, 2.05) is 35.0 Å². The lowest BCUT2D eigenvalue weighted by Crippen LogP contribution is -2.39. The van der Waals surface area contributed by atoms with Gasteiger partial charge in [0.15, 0.2) is 0 Å². The highest BCUT2D eigenvalue weighted by Gasteiger charge is 2.25. The molecule has 0 saturated heterocycles. The van der Waals surface area contributed by atoms with E-state index < -0.39 is 6.10 Å². The molecule has 3 N–H and O–H groups in total. The molecule has 3 rings (SSSR count). The average molecular weight is 337 g/mol. The van der Waals surface area contributed by atoms with Gasteiger partial charge in [-0.2, -0.15) is 11.3 Å². The van der Waals surface area contributed by atoms with Gasteiger partial charge >= 0.3 is 6.03 Å². The Morgan fingerprint density at radius 2 is 2.32 bits per heavy atom. The van der Waals surface area contributed by atoms with Crippen molar-refractivity contribution in [3.05, 3.63) is 56.7 Å². The lowest BCUT2D eigenvalue weighted by molar-refractivity contribution is 0.173. The second-order valence-electron chi connectivity index (χ2n) is 5.33. The van der Waals surface area contributed by atoms with E-state index in [1.54, 1.807) is 0 Å². The van der Waals surface area contributed by atoms with E-state index in [0.717, 1.165) is 34.6 Å². The molecule has 2 aromatic rings. The molecule has 1 heterocycles. The van der Waals surface area contributed by atoms with Gasteiger partial charge in [-0.15, -0.1) is 0 Å². The first-order valence-electron chi connectivity index (χ1n) is 7.17. The van der Waals surface area contributed by atoms with Crippen LogP contribution in [0.5, 0.6) is 0 Å². The summed E-state index contributed by atoms with van der Waals surface area (Å²) < 4.78 is 0. The van der Waals surface area contributed by atoms with Crippen LogP contribution in [0.2, 0.25) is 5.02 Å². The number of hydrogen-bond acceptors (Lipinski definition) is 3. The van der Waals surface area contributed by atoms with Crippen LogP contribution < -0.4 is 10.6 Å². The second-order valence-corrected chi connectivity index (χ2v) is 6.51. The molecule has 22 heavy (non-hydrogen) atoms. The third kappa shape index (κ3) is 3.27. The molecule has 2 amide bonds. The van der Waals surface area contributed by atoms with E-state index in [0.29, 0.717) is 0 Å². The molecule has 6 heteroatoms. The summed E-state index contributed by atoms with van der Waals surface area (Å²) in [7, 11) is 0. The first-order chi connectivity index (χ1) is 10.6. The molecule has 2 unspecified atom stereocenters. The molecule has 0 fully saturated rings. The zero-order valence-corrected chi connectivity index (χ0v) is 13.5. The maximum Gasteiger partial charge on any atom is 0.315 e. The van der Waals surface area contributed by atoms with Crippen molar-refractivity contribution in [3.63, 3.8) is 0 Å². The molecule has 116 valence electrons. The molecule has 0 spiro atoms.